The van der Waals surface area contributed by atoms with Gasteiger partial charge in [0.05, 0.1) is 33.0 Å². The predicted molar refractivity (Wildman–Crippen MR) is 85.4 cm³/mol. The molecule has 0 amide bonds. The molecule has 6 nitrogen and oxygen atoms in total. The Morgan fingerprint density at radius 3 is 2.00 bits per heavy atom. The molecule has 6 heteroatoms. The SMILES string of the molecule is O=C(O)COCCOCCOCCCCOCc1ccccc1. The van der Waals surface area contributed by atoms with E-state index in [-0.39, 0.29) is 13.2 Å². The van der Waals surface area contributed by atoms with Crippen molar-refractivity contribution in [1.29, 1.82) is 0 Å². The lowest BCUT2D eigenvalue weighted by Gasteiger charge is -2.07. The molecule has 1 aromatic carbocycles. The molecule has 0 fully saturated rings. The normalized spacial score (nSPS) is 10.8. The minimum atomic E-state index is -0.971. The zero-order valence-corrected chi connectivity index (χ0v) is 13.4. The van der Waals surface area contributed by atoms with Gasteiger partial charge in [0, 0.05) is 13.2 Å². The van der Waals surface area contributed by atoms with Crippen molar-refractivity contribution >= 4 is 5.97 Å². The molecular formula is C17H26O6. The topological polar surface area (TPSA) is 74.2 Å². The summed E-state index contributed by atoms with van der Waals surface area (Å²) in [5.41, 5.74) is 1.19. The summed E-state index contributed by atoms with van der Waals surface area (Å²) in [6.45, 7) is 3.47. The molecule has 0 bridgehead atoms. The largest absolute Gasteiger partial charge is 0.480 e. The third-order valence-electron chi connectivity index (χ3n) is 2.91. The quantitative estimate of drug-likeness (QED) is 0.498. The van der Waals surface area contributed by atoms with Crippen LogP contribution in [0.3, 0.4) is 0 Å². The van der Waals surface area contributed by atoms with Crippen LogP contribution in [0.15, 0.2) is 30.3 Å². The van der Waals surface area contributed by atoms with Crippen LogP contribution in [0.5, 0.6) is 0 Å². The fourth-order valence-corrected chi connectivity index (χ4v) is 1.77. The summed E-state index contributed by atoms with van der Waals surface area (Å²) in [7, 11) is 0. The Hall–Kier alpha value is -1.47. The smallest absolute Gasteiger partial charge is 0.329 e. The van der Waals surface area contributed by atoms with E-state index >= 15 is 0 Å². The molecule has 1 rings (SSSR count). The lowest BCUT2D eigenvalue weighted by molar-refractivity contribution is -0.142. The van der Waals surface area contributed by atoms with Crippen molar-refractivity contribution in [3.8, 4) is 0 Å². The molecule has 0 heterocycles. The van der Waals surface area contributed by atoms with Gasteiger partial charge in [0.25, 0.3) is 0 Å². The van der Waals surface area contributed by atoms with Crippen molar-refractivity contribution in [2.24, 2.45) is 0 Å². The molecule has 130 valence electrons. The van der Waals surface area contributed by atoms with E-state index < -0.39 is 5.97 Å². The number of carbonyl (C=O) groups is 1. The van der Waals surface area contributed by atoms with Crippen molar-refractivity contribution in [3.63, 3.8) is 0 Å². The second-order valence-corrected chi connectivity index (χ2v) is 4.92. The highest BCUT2D eigenvalue weighted by Crippen LogP contribution is 2.01. The van der Waals surface area contributed by atoms with Crippen LogP contribution in [0, 0.1) is 0 Å². The Bertz CT molecular complexity index is 395. The number of hydrogen-bond donors (Lipinski definition) is 1. The fourth-order valence-electron chi connectivity index (χ4n) is 1.77. The van der Waals surface area contributed by atoms with Gasteiger partial charge in [-0.2, -0.15) is 0 Å². The van der Waals surface area contributed by atoms with Crippen LogP contribution >= 0.6 is 0 Å². The first-order valence-electron chi connectivity index (χ1n) is 7.85. The average molecular weight is 326 g/mol. The molecule has 0 atom stereocenters. The van der Waals surface area contributed by atoms with Crippen molar-refractivity contribution in [2.75, 3.05) is 46.2 Å². The van der Waals surface area contributed by atoms with Gasteiger partial charge >= 0.3 is 5.97 Å². The summed E-state index contributed by atoms with van der Waals surface area (Å²) in [5, 5.41) is 8.35. The lowest BCUT2D eigenvalue weighted by atomic mass is 10.2. The maximum Gasteiger partial charge on any atom is 0.329 e. The van der Waals surface area contributed by atoms with E-state index in [1.807, 2.05) is 18.2 Å². The number of unbranched alkanes of at least 4 members (excludes halogenated alkanes) is 1. The van der Waals surface area contributed by atoms with Gasteiger partial charge in [-0.3, -0.25) is 0 Å². The molecule has 23 heavy (non-hydrogen) atoms. The Kier molecular flexibility index (Phi) is 12.0. The molecule has 0 saturated heterocycles. The van der Waals surface area contributed by atoms with Crippen molar-refractivity contribution < 1.29 is 28.8 Å². The first kappa shape index (κ1) is 19.6. The molecule has 0 saturated carbocycles. The minimum Gasteiger partial charge on any atom is -0.480 e. The van der Waals surface area contributed by atoms with Gasteiger partial charge < -0.3 is 24.1 Å². The van der Waals surface area contributed by atoms with Crippen molar-refractivity contribution in [1.82, 2.24) is 0 Å². The maximum absolute atomic E-state index is 10.2. The van der Waals surface area contributed by atoms with E-state index in [1.165, 1.54) is 5.56 Å². The summed E-state index contributed by atoms with van der Waals surface area (Å²) in [6, 6.07) is 10.1. The number of rotatable bonds is 15. The van der Waals surface area contributed by atoms with Gasteiger partial charge in [-0.15, -0.1) is 0 Å². The highest BCUT2D eigenvalue weighted by molar-refractivity contribution is 5.67. The Labute approximate surface area is 137 Å². The molecule has 0 aliphatic heterocycles. The fraction of sp³-hybridized carbons (Fsp3) is 0.588. The number of hydrogen-bond acceptors (Lipinski definition) is 5. The average Bonchev–Trinajstić information content (AvgIpc) is 2.56. The van der Waals surface area contributed by atoms with Crippen LogP contribution in [-0.4, -0.2) is 57.3 Å². The van der Waals surface area contributed by atoms with E-state index in [0.717, 1.165) is 19.4 Å². The van der Waals surface area contributed by atoms with Crippen molar-refractivity contribution in [2.45, 2.75) is 19.4 Å². The molecule has 1 aromatic rings. The van der Waals surface area contributed by atoms with Gasteiger partial charge in [-0.05, 0) is 18.4 Å². The van der Waals surface area contributed by atoms with Crippen molar-refractivity contribution in [3.05, 3.63) is 35.9 Å². The second kappa shape index (κ2) is 14.1. The van der Waals surface area contributed by atoms with E-state index in [2.05, 4.69) is 12.1 Å². The van der Waals surface area contributed by atoms with E-state index in [9.17, 15) is 4.79 Å². The molecule has 0 aliphatic rings. The Balaban J connectivity index is 1.74. The Morgan fingerprint density at radius 1 is 0.783 bits per heavy atom. The highest BCUT2D eigenvalue weighted by Gasteiger charge is 1.96. The third kappa shape index (κ3) is 12.7. The molecule has 0 aromatic heterocycles. The third-order valence-corrected chi connectivity index (χ3v) is 2.91. The summed E-state index contributed by atoms with van der Waals surface area (Å²) >= 11 is 0. The highest BCUT2D eigenvalue weighted by atomic mass is 16.5. The molecule has 0 unspecified atom stereocenters. The van der Waals surface area contributed by atoms with Gasteiger partial charge in [0.1, 0.15) is 6.61 Å². The van der Waals surface area contributed by atoms with Crippen LogP contribution in [-0.2, 0) is 30.3 Å². The summed E-state index contributed by atoms with van der Waals surface area (Å²) < 4.78 is 21.1. The van der Waals surface area contributed by atoms with Gasteiger partial charge in [-0.25, -0.2) is 4.79 Å². The number of benzene rings is 1. The van der Waals surface area contributed by atoms with Crippen LogP contribution in [0.1, 0.15) is 18.4 Å². The summed E-state index contributed by atoms with van der Waals surface area (Å²) in [6.07, 6.45) is 1.92. The summed E-state index contributed by atoms with van der Waals surface area (Å²) in [4.78, 5) is 10.2. The number of aliphatic carboxylic acids is 1. The molecule has 0 aliphatic carbocycles. The van der Waals surface area contributed by atoms with E-state index in [0.29, 0.717) is 33.0 Å². The molecular weight excluding hydrogens is 300 g/mol. The van der Waals surface area contributed by atoms with E-state index in [1.54, 1.807) is 0 Å². The zero-order valence-electron chi connectivity index (χ0n) is 13.4. The number of ether oxygens (including phenoxy) is 4. The number of carboxylic acid groups (broad SMARTS) is 1. The lowest BCUT2D eigenvalue weighted by Crippen LogP contribution is -2.13. The molecule has 0 radical (unpaired) electrons. The molecule has 1 N–H and O–H groups in total. The van der Waals surface area contributed by atoms with Crippen LogP contribution in [0.2, 0.25) is 0 Å². The minimum absolute atomic E-state index is 0.283. The number of carboxylic acids is 1. The summed E-state index contributed by atoms with van der Waals surface area (Å²) in [5.74, 6) is -0.971. The standard InChI is InChI=1S/C17H26O6/c18-17(19)15-23-13-12-21-11-10-20-8-4-5-9-22-14-16-6-2-1-3-7-16/h1-3,6-7H,4-5,8-15H2,(H,18,19). The first-order chi connectivity index (χ1) is 11.3. The predicted octanol–water partition coefficient (Wildman–Crippen LogP) is 2.12. The zero-order chi connectivity index (χ0) is 16.6. The first-order valence-corrected chi connectivity index (χ1v) is 7.85. The second-order valence-electron chi connectivity index (χ2n) is 4.92. The Morgan fingerprint density at radius 2 is 1.35 bits per heavy atom. The van der Waals surface area contributed by atoms with Gasteiger partial charge in [0.2, 0.25) is 0 Å². The molecule has 0 spiro atoms. The van der Waals surface area contributed by atoms with E-state index in [4.69, 9.17) is 24.1 Å². The van der Waals surface area contributed by atoms with Crippen LogP contribution in [0.25, 0.3) is 0 Å². The van der Waals surface area contributed by atoms with Crippen LogP contribution < -0.4 is 0 Å². The van der Waals surface area contributed by atoms with Gasteiger partial charge in [-0.1, -0.05) is 30.3 Å². The van der Waals surface area contributed by atoms with Gasteiger partial charge in [0.15, 0.2) is 0 Å². The monoisotopic (exact) mass is 326 g/mol. The maximum atomic E-state index is 10.2. The van der Waals surface area contributed by atoms with Crippen LogP contribution in [0.4, 0.5) is 0 Å².